The molecule has 0 N–H and O–H groups in total. The normalized spacial score (nSPS) is 12.0. The second-order valence-electron chi connectivity index (χ2n) is 18.9. The van der Waals surface area contributed by atoms with Gasteiger partial charge in [-0.25, -0.2) is 0 Å². The van der Waals surface area contributed by atoms with Crippen molar-refractivity contribution >= 4 is 78.5 Å². The Bertz CT molecular complexity index is 4180. The molecule has 0 amide bonds. The predicted molar refractivity (Wildman–Crippen MR) is 314 cm³/mol. The molecular weight excluding hydrogens is 915 g/mol. The number of aromatic nitrogens is 1. The Kier molecular flexibility index (Phi) is 10.8. The van der Waals surface area contributed by atoms with Crippen LogP contribution >= 0.6 is 11.8 Å². The molecule has 14 rings (SSSR count). The van der Waals surface area contributed by atoms with Gasteiger partial charge in [0.1, 0.15) is 0 Å². The maximum Gasteiger partial charge on any atom is 0.0603 e. The SMILES string of the molecule is c1ccc(-c2ccc(-c3ccc4c(c3)Sc3cc(N(c5ccccc5)c5cccc6ccccc56)ccc3N4c3ccc(-c4ccc(-c5ccc6c(c5)c5ccccc5n6-c5ccccc5)cc4)cc3)cc2)cc1. The Morgan fingerprint density at radius 3 is 1.47 bits per heavy atom. The van der Waals surface area contributed by atoms with Gasteiger partial charge in [0.15, 0.2) is 0 Å². The van der Waals surface area contributed by atoms with E-state index in [2.05, 4.69) is 299 Å². The lowest BCUT2D eigenvalue weighted by atomic mass is 9.98. The summed E-state index contributed by atoms with van der Waals surface area (Å²) in [5.74, 6) is 0. The fourth-order valence-electron chi connectivity index (χ4n) is 11.0. The summed E-state index contributed by atoms with van der Waals surface area (Å²) in [4.78, 5) is 7.24. The molecular formula is C70H47N3S. The van der Waals surface area contributed by atoms with Gasteiger partial charge < -0.3 is 14.4 Å². The van der Waals surface area contributed by atoms with Gasteiger partial charge in [-0.1, -0.05) is 206 Å². The van der Waals surface area contributed by atoms with E-state index in [-0.39, 0.29) is 0 Å². The summed E-state index contributed by atoms with van der Waals surface area (Å²) in [5.41, 5.74) is 19.9. The van der Waals surface area contributed by atoms with Gasteiger partial charge in [0.25, 0.3) is 0 Å². The third-order valence-corrected chi connectivity index (χ3v) is 15.7. The van der Waals surface area contributed by atoms with Crippen LogP contribution in [0.1, 0.15) is 0 Å². The minimum absolute atomic E-state index is 1.10. The summed E-state index contributed by atoms with van der Waals surface area (Å²) in [5, 5.41) is 4.93. The van der Waals surface area contributed by atoms with E-state index in [4.69, 9.17) is 0 Å². The Morgan fingerprint density at radius 1 is 0.284 bits per heavy atom. The number of benzene rings is 12. The number of anilines is 6. The van der Waals surface area contributed by atoms with E-state index in [9.17, 15) is 0 Å². The molecule has 12 aromatic carbocycles. The summed E-state index contributed by atoms with van der Waals surface area (Å²) in [6.07, 6.45) is 0. The largest absolute Gasteiger partial charge is 0.310 e. The van der Waals surface area contributed by atoms with Crippen molar-refractivity contribution in [2.45, 2.75) is 9.79 Å². The Morgan fingerprint density at radius 2 is 0.770 bits per heavy atom. The highest BCUT2D eigenvalue weighted by atomic mass is 32.2. The maximum atomic E-state index is 2.44. The lowest BCUT2D eigenvalue weighted by Gasteiger charge is -2.35. The first-order chi connectivity index (χ1) is 36.7. The van der Waals surface area contributed by atoms with Crippen LogP contribution < -0.4 is 9.80 Å². The van der Waals surface area contributed by atoms with Gasteiger partial charge in [-0.2, -0.15) is 0 Å². The van der Waals surface area contributed by atoms with Crippen molar-refractivity contribution in [2.24, 2.45) is 0 Å². The number of rotatable bonds is 9. The molecule has 1 aromatic heterocycles. The molecule has 2 heterocycles. The maximum absolute atomic E-state index is 2.44. The van der Waals surface area contributed by atoms with Crippen molar-refractivity contribution in [3.63, 3.8) is 0 Å². The fourth-order valence-corrected chi connectivity index (χ4v) is 12.1. The molecule has 3 nitrogen and oxygen atoms in total. The van der Waals surface area contributed by atoms with Gasteiger partial charge >= 0.3 is 0 Å². The Labute approximate surface area is 435 Å². The summed E-state index contributed by atoms with van der Waals surface area (Å²) in [7, 11) is 0. The fraction of sp³-hybridized carbons (Fsp3) is 0. The molecule has 0 saturated carbocycles. The van der Waals surface area contributed by atoms with Gasteiger partial charge in [0.2, 0.25) is 0 Å². The van der Waals surface area contributed by atoms with Crippen molar-refractivity contribution in [1.82, 2.24) is 4.57 Å². The number of hydrogen-bond donors (Lipinski definition) is 0. The average molecular weight is 962 g/mol. The van der Waals surface area contributed by atoms with Crippen LogP contribution in [-0.4, -0.2) is 4.57 Å². The minimum Gasteiger partial charge on any atom is -0.310 e. The van der Waals surface area contributed by atoms with E-state index in [1.807, 2.05) is 11.8 Å². The van der Waals surface area contributed by atoms with Crippen LogP contribution in [0.3, 0.4) is 0 Å². The molecule has 0 spiro atoms. The molecule has 0 fully saturated rings. The second-order valence-corrected chi connectivity index (χ2v) is 20.0. The quantitative estimate of drug-likeness (QED) is 0.143. The molecule has 13 aromatic rings. The molecule has 0 radical (unpaired) electrons. The highest BCUT2D eigenvalue weighted by Crippen LogP contribution is 2.54. The minimum atomic E-state index is 1.10. The third kappa shape index (κ3) is 7.72. The number of nitrogens with zero attached hydrogens (tertiary/aromatic N) is 3. The van der Waals surface area contributed by atoms with E-state index in [0.29, 0.717) is 0 Å². The lowest BCUT2D eigenvalue weighted by Crippen LogP contribution is -2.16. The number of hydrogen-bond acceptors (Lipinski definition) is 3. The van der Waals surface area contributed by atoms with Gasteiger partial charge in [-0.05, 0) is 141 Å². The van der Waals surface area contributed by atoms with E-state index in [1.54, 1.807) is 0 Å². The first-order valence-electron chi connectivity index (χ1n) is 25.2. The van der Waals surface area contributed by atoms with E-state index >= 15 is 0 Å². The highest BCUT2D eigenvalue weighted by molar-refractivity contribution is 7.99. The summed E-state index contributed by atoms with van der Waals surface area (Å²) >= 11 is 1.85. The summed E-state index contributed by atoms with van der Waals surface area (Å²) in [6, 6.07) is 104. The van der Waals surface area contributed by atoms with Crippen molar-refractivity contribution in [3.8, 4) is 50.2 Å². The first-order valence-corrected chi connectivity index (χ1v) is 26.0. The van der Waals surface area contributed by atoms with Gasteiger partial charge in [-0.3, -0.25) is 0 Å². The van der Waals surface area contributed by atoms with Gasteiger partial charge in [0, 0.05) is 48.7 Å². The van der Waals surface area contributed by atoms with E-state index < -0.39 is 0 Å². The van der Waals surface area contributed by atoms with Crippen LogP contribution in [0.15, 0.2) is 295 Å². The van der Waals surface area contributed by atoms with Crippen LogP contribution in [0.5, 0.6) is 0 Å². The molecule has 0 aliphatic carbocycles. The molecule has 0 unspecified atom stereocenters. The lowest BCUT2D eigenvalue weighted by molar-refractivity contribution is 1.16. The zero-order valence-corrected chi connectivity index (χ0v) is 41.2. The van der Waals surface area contributed by atoms with Crippen LogP contribution in [0, 0.1) is 0 Å². The monoisotopic (exact) mass is 961 g/mol. The summed E-state index contributed by atoms with van der Waals surface area (Å²) in [6.45, 7) is 0. The van der Waals surface area contributed by atoms with Gasteiger partial charge in [0.05, 0.1) is 28.1 Å². The summed E-state index contributed by atoms with van der Waals surface area (Å²) < 4.78 is 2.37. The Balaban J connectivity index is 0.825. The van der Waals surface area contributed by atoms with Crippen molar-refractivity contribution in [2.75, 3.05) is 9.80 Å². The second kappa shape index (κ2) is 18.4. The highest BCUT2D eigenvalue weighted by Gasteiger charge is 2.28. The standard InChI is InChI=1S/C70H47N3S/c1-4-15-48(16-5-1)49-27-33-53(34-28-49)56-38-43-67-69(46-56)74-70-47-60(71(57-19-6-2-7-20-57)64-26-14-18-54-17-10-11-23-61(54)64)41-44-68(70)73(67)59-39-35-51(36-40-59)50-29-31-52(32-30-50)55-37-42-66-63(45-55)62-24-12-13-25-65(62)72(66)58-21-8-3-9-22-58/h1-47H. The molecule has 74 heavy (non-hydrogen) atoms. The molecule has 0 bridgehead atoms. The smallest absolute Gasteiger partial charge is 0.0603 e. The molecule has 0 atom stereocenters. The molecule has 0 saturated heterocycles. The van der Waals surface area contributed by atoms with Crippen LogP contribution in [-0.2, 0) is 0 Å². The first kappa shape index (κ1) is 43.4. The van der Waals surface area contributed by atoms with Crippen LogP contribution in [0.2, 0.25) is 0 Å². The van der Waals surface area contributed by atoms with E-state index in [1.165, 1.54) is 92.6 Å². The van der Waals surface area contributed by atoms with Crippen LogP contribution in [0.4, 0.5) is 34.1 Å². The van der Waals surface area contributed by atoms with Crippen LogP contribution in [0.25, 0.3) is 82.8 Å². The Hall–Kier alpha value is -9.35. The average Bonchev–Trinajstić information content (AvgIpc) is 3.81. The zero-order chi connectivity index (χ0) is 49.0. The van der Waals surface area contributed by atoms with Crippen molar-refractivity contribution in [1.29, 1.82) is 0 Å². The van der Waals surface area contributed by atoms with E-state index in [0.717, 1.165) is 34.1 Å². The van der Waals surface area contributed by atoms with Gasteiger partial charge in [-0.15, -0.1) is 0 Å². The molecule has 348 valence electrons. The molecule has 4 heteroatoms. The zero-order valence-electron chi connectivity index (χ0n) is 40.4. The van der Waals surface area contributed by atoms with Crippen molar-refractivity contribution < 1.29 is 0 Å². The number of fused-ring (bicyclic) bond motifs is 6. The number of para-hydroxylation sites is 3. The van der Waals surface area contributed by atoms with Crippen molar-refractivity contribution in [3.05, 3.63) is 285 Å². The molecule has 1 aliphatic rings. The topological polar surface area (TPSA) is 11.4 Å². The predicted octanol–water partition coefficient (Wildman–Crippen LogP) is 20.0. The molecule has 1 aliphatic heterocycles. The third-order valence-electron chi connectivity index (χ3n) is 14.6.